The number of benzene rings is 1. The summed E-state index contributed by atoms with van der Waals surface area (Å²) in [6.45, 7) is 0.558. The molecule has 0 saturated heterocycles. The van der Waals surface area contributed by atoms with E-state index in [2.05, 4.69) is 15.3 Å². The van der Waals surface area contributed by atoms with Crippen LogP contribution in [0.2, 0.25) is 0 Å². The highest BCUT2D eigenvalue weighted by molar-refractivity contribution is 5.81. The minimum atomic E-state index is -0.464. The van der Waals surface area contributed by atoms with E-state index in [1.54, 1.807) is 6.33 Å². The fourth-order valence-corrected chi connectivity index (χ4v) is 1.97. The molecule has 1 aromatic heterocycles. The second kappa shape index (κ2) is 7.45. The summed E-state index contributed by atoms with van der Waals surface area (Å²) in [5.41, 5.74) is 8.03. The van der Waals surface area contributed by atoms with Gasteiger partial charge in [0.1, 0.15) is 0 Å². The number of nitrogens with zero attached hydrogens (tertiary/aromatic N) is 1. The molecule has 1 heterocycles. The number of hydrogen-bond acceptors (Lipinski definition) is 3. The number of carbonyl (C=O) groups excluding carboxylic acids is 1. The number of hydrogen-bond donors (Lipinski definition) is 3. The number of aromatic nitrogens is 2. The van der Waals surface area contributed by atoms with Crippen molar-refractivity contribution in [2.24, 2.45) is 5.73 Å². The molecule has 0 aliphatic heterocycles. The maximum absolute atomic E-state index is 11.8. The number of carbonyl (C=O) groups is 1. The molecule has 1 unspecified atom stereocenters. The largest absolute Gasteiger partial charge is 0.354 e. The molecule has 1 aromatic carbocycles. The van der Waals surface area contributed by atoms with Crippen LogP contribution in [-0.4, -0.2) is 28.5 Å². The van der Waals surface area contributed by atoms with Crippen LogP contribution in [0.25, 0.3) is 0 Å². The number of H-pyrrole nitrogens is 1. The first-order valence-corrected chi connectivity index (χ1v) is 6.80. The zero-order valence-electron chi connectivity index (χ0n) is 11.4. The number of aromatic amines is 1. The number of imidazole rings is 1. The highest BCUT2D eigenvalue weighted by atomic mass is 16.2. The zero-order chi connectivity index (χ0) is 14.2. The topological polar surface area (TPSA) is 83.8 Å². The van der Waals surface area contributed by atoms with Crippen molar-refractivity contribution in [3.63, 3.8) is 0 Å². The Hall–Kier alpha value is -2.14. The van der Waals surface area contributed by atoms with Crippen LogP contribution in [0.1, 0.15) is 17.7 Å². The van der Waals surface area contributed by atoms with Gasteiger partial charge in [-0.3, -0.25) is 4.79 Å². The molecular formula is C15H20N4O. The van der Waals surface area contributed by atoms with Gasteiger partial charge >= 0.3 is 0 Å². The minimum Gasteiger partial charge on any atom is -0.354 e. The van der Waals surface area contributed by atoms with E-state index < -0.39 is 6.04 Å². The predicted molar refractivity (Wildman–Crippen MR) is 78.0 cm³/mol. The van der Waals surface area contributed by atoms with E-state index in [0.717, 1.165) is 12.1 Å². The van der Waals surface area contributed by atoms with E-state index in [1.165, 1.54) is 5.56 Å². The van der Waals surface area contributed by atoms with Gasteiger partial charge in [-0.2, -0.15) is 0 Å². The van der Waals surface area contributed by atoms with Crippen LogP contribution in [-0.2, 0) is 17.6 Å². The lowest BCUT2D eigenvalue weighted by Gasteiger charge is -2.11. The molecule has 5 nitrogen and oxygen atoms in total. The van der Waals surface area contributed by atoms with Gasteiger partial charge < -0.3 is 16.0 Å². The zero-order valence-corrected chi connectivity index (χ0v) is 11.4. The van der Waals surface area contributed by atoms with Crippen molar-refractivity contribution in [2.45, 2.75) is 25.3 Å². The molecule has 0 bridgehead atoms. The van der Waals surface area contributed by atoms with E-state index in [1.807, 2.05) is 36.5 Å². The number of aryl methyl sites for hydroxylation is 1. The lowest BCUT2D eigenvalue weighted by Crippen LogP contribution is -2.41. The van der Waals surface area contributed by atoms with E-state index in [0.29, 0.717) is 19.4 Å². The lowest BCUT2D eigenvalue weighted by atomic mass is 10.1. The van der Waals surface area contributed by atoms with Crippen molar-refractivity contribution < 1.29 is 4.79 Å². The summed E-state index contributed by atoms with van der Waals surface area (Å²) in [5.74, 6) is -0.100. The van der Waals surface area contributed by atoms with Crippen molar-refractivity contribution in [3.05, 3.63) is 54.1 Å². The van der Waals surface area contributed by atoms with E-state index in [-0.39, 0.29) is 5.91 Å². The highest BCUT2D eigenvalue weighted by Crippen LogP contribution is 2.04. The average Bonchev–Trinajstić information content (AvgIpc) is 2.99. The maximum Gasteiger partial charge on any atom is 0.236 e. The van der Waals surface area contributed by atoms with Crippen molar-refractivity contribution >= 4 is 5.91 Å². The number of amides is 1. The Kier molecular flexibility index (Phi) is 5.32. The maximum atomic E-state index is 11.8. The Bertz CT molecular complexity index is 510. The molecule has 0 fully saturated rings. The summed E-state index contributed by atoms with van der Waals surface area (Å²) in [4.78, 5) is 18.8. The molecule has 0 aliphatic rings. The third-order valence-electron chi connectivity index (χ3n) is 3.16. The summed E-state index contributed by atoms with van der Waals surface area (Å²) in [6, 6.07) is 9.58. The van der Waals surface area contributed by atoms with Crippen LogP contribution in [0.3, 0.4) is 0 Å². The Balaban J connectivity index is 1.66. The normalized spacial score (nSPS) is 12.1. The third kappa shape index (κ3) is 4.51. The van der Waals surface area contributed by atoms with Gasteiger partial charge in [0.2, 0.25) is 5.91 Å². The van der Waals surface area contributed by atoms with Gasteiger partial charge in [-0.1, -0.05) is 30.3 Å². The Morgan fingerprint density at radius 2 is 2.10 bits per heavy atom. The second-order valence-corrected chi connectivity index (χ2v) is 4.73. The molecule has 0 aliphatic carbocycles. The molecule has 106 valence electrons. The number of nitrogens with two attached hydrogens (primary N) is 1. The van der Waals surface area contributed by atoms with Gasteiger partial charge in [-0.15, -0.1) is 0 Å². The van der Waals surface area contributed by atoms with Gasteiger partial charge in [0.05, 0.1) is 18.1 Å². The SMILES string of the molecule is NC(CCc1ccccc1)C(=O)NCCc1c[nH]cn1. The van der Waals surface area contributed by atoms with Gasteiger partial charge in [-0.25, -0.2) is 4.98 Å². The first kappa shape index (κ1) is 14.3. The standard InChI is InChI=1S/C15H20N4O/c16-14(7-6-12-4-2-1-3-5-12)15(20)18-9-8-13-10-17-11-19-13/h1-5,10-11,14H,6-9,16H2,(H,17,19)(H,18,20). The molecule has 2 rings (SSSR count). The predicted octanol–water partition coefficient (Wildman–Crippen LogP) is 1.03. The molecule has 1 amide bonds. The molecule has 20 heavy (non-hydrogen) atoms. The summed E-state index contributed by atoms with van der Waals surface area (Å²) in [7, 11) is 0. The summed E-state index contributed by atoms with van der Waals surface area (Å²) in [5, 5.41) is 2.84. The van der Waals surface area contributed by atoms with Crippen LogP contribution in [0.4, 0.5) is 0 Å². The molecule has 1 atom stereocenters. The summed E-state index contributed by atoms with van der Waals surface area (Å²) < 4.78 is 0. The fourth-order valence-electron chi connectivity index (χ4n) is 1.97. The smallest absolute Gasteiger partial charge is 0.236 e. The minimum absolute atomic E-state index is 0.100. The quantitative estimate of drug-likeness (QED) is 0.704. The molecule has 2 aromatic rings. The molecule has 0 radical (unpaired) electrons. The van der Waals surface area contributed by atoms with Crippen molar-refractivity contribution in [1.29, 1.82) is 0 Å². The van der Waals surface area contributed by atoms with Gasteiger partial charge in [0, 0.05) is 19.2 Å². The van der Waals surface area contributed by atoms with Gasteiger partial charge in [-0.05, 0) is 18.4 Å². The van der Waals surface area contributed by atoms with Gasteiger partial charge in [0.15, 0.2) is 0 Å². The van der Waals surface area contributed by atoms with E-state index in [9.17, 15) is 4.79 Å². The summed E-state index contributed by atoms with van der Waals surface area (Å²) >= 11 is 0. The van der Waals surface area contributed by atoms with E-state index in [4.69, 9.17) is 5.73 Å². The highest BCUT2D eigenvalue weighted by Gasteiger charge is 2.12. The number of rotatable bonds is 7. The van der Waals surface area contributed by atoms with Crippen molar-refractivity contribution in [2.75, 3.05) is 6.54 Å². The summed E-state index contributed by atoms with van der Waals surface area (Å²) in [6.07, 6.45) is 5.62. The van der Waals surface area contributed by atoms with Crippen LogP contribution in [0.15, 0.2) is 42.9 Å². The third-order valence-corrected chi connectivity index (χ3v) is 3.16. The van der Waals surface area contributed by atoms with Crippen LogP contribution >= 0.6 is 0 Å². The average molecular weight is 272 g/mol. The molecule has 4 N–H and O–H groups in total. The molecule has 0 spiro atoms. The number of nitrogens with one attached hydrogen (secondary N) is 2. The van der Waals surface area contributed by atoms with E-state index >= 15 is 0 Å². The van der Waals surface area contributed by atoms with Gasteiger partial charge in [0.25, 0.3) is 0 Å². The molecule has 5 heteroatoms. The molecule has 0 saturated carbocycles. The lowest BCUT2D eigenvalue weighted by molar-refractivity contribution is -0.122. The Morgan fingerprint density at radius 1 is 1.30 bits per heavy atom. The van der Waals surface area contributed by atoms with Crippen LogP contribution in [0, 0.1) is 0 Å². The molecular weight excluding hydrogens is 252 g/mol. The monoisotopic (exact) mass is 272 g/mol. The second-order valence-electron chi connectivity index (χ2n) is 4.73. The Labute approximate surface area is 118 Å². The first-order chi connectivity index (χ1) is 9.75. The van der Waals surface area contributed by atoms with Crippen LogP contribution in [0.5, 0.6) is 0 Å². The first-order valence-electron chi connectivity index (χ1n) is 6.80. The Morgan fingerprint density at radius 3 is 2.80 bits per heavy atom. The van der Waals surface area contributed by atoms with Crippen molar-refractivity contribution in [1.82, 2.24) is 15.3 Å². The van der Waals surface area contributed by atoms with Crippen molar-refractivity contribution in [3.8, 4) is 0 Å². The van der Waals surface area contributed by atoms with Crippen LogP contribution < -0.4 is 11.1 Å². The fraction of sp³-hybridized carbons (Fsp3) is 0.333.